The molecule has 1 N–H and O–H groups in total. The largest absolute Gasteiger partial charge is 0.356 e. The second kappa shape index (κ2) is 4.87. The van der Waals surface area contributed by atoms with Gasteiger partial charge in [0.15, 0.2) is 0 Å². The maximum absolute atomic E-state index is 3.62. The summed E-state index contributed by atoms with van der Waals surface area (Å²) in [6, 6.07) is 13.8. The Hall–Kier alpha value is -1.76. The molecule has 0 bridgehead atoms. The van der Waals surface area contributed by atoms with Crippen molar-refractivity contribution in [3.63, 3.8) is 0 Å². The minimum atomic E-state index is 0.417. The van der Waals surface area contributed by atoms with Gasteiger partial charge in [-0.1, -0.05) is 39.8 Å². The lowest BCUT2D eigenvalue weighted by Gasteiger charge is -2.14. The van der Waals surface area contributed by atoms with Gasteiger partial charge < -0.3 is 5.32 Å². The van der Waals surface area contributed by atoms with E-state index < -0.39 is 0 Å². The lowest BCUT2D eigenvalue weighted by molar-refractivity contribution is 0.392. The van der Waals surface area contributed by atoms with Crippen molar-refractivity contribution >= 4 is 11.4 Å². The topological polar surface area (TPSA) is 12.0 Å². The standard InChI is InChI=1S/C22H27N/c1-21(2)11-15-5-7-19(9-17(15)13-21)23-20-8-6-16-12-22(3,4)14-18(16)10-20/h5-10,23H,11-14H2,1-4H3. The van der Waals surface area contributed by atoms with Crippen LogP contribution in [0, 0.1) is 10.8 Å². The van der Waals surface area contributed by atoms with Crippen LogP contribution < -0.4 is 5.32 Å². The summed E-state index contributed by atoms with van der Waals surface area (Å²) in [6.45, 7) is 9.45. The lowest BCUT2D eigenvalue weighted by atomic mass is 9.90. The Balaban J connectivity index is 1.57. The van der Waals surface area contributed by atoms with Gasteiger partial charge in [0.05, 0.1) is 0 Å². The highest BCUT2D eigenvalue weighted by atomic mass is 14.9. The van der Waals surface area contributed by atoms with E-state index in [-0.39, 0.29) is 0 Å². The molecule has 0 saturated carbocycles. The van der Waals surface area contributed by atoms with E-state index in [1.54, 1.807) is 0 Å². The number of fused-ring (bicyclic) bond motifs is 2. The van der Waals surface area contributed by atoms with E-state index in [0.29, 0.717) is 10.8 Å². The van der Waals surface area contributed by atoms with E-state index in [1.807, 2.05) is 0 Å². The second-order valence-electron chi connectivity index (χ2n) is 9.13. The molecule has 23 heavy (non-hydrogen) atoms. The Morgan fingerprint density at radius 3 is 1.43 bits per heavy atom. The molecule has 0 saturated heterocycles. The van der Waals surface area contributed by atoms with E-state index in [4.69, 9.17) is 0 Å². The summed E-state index contributed by atoms with van der Waals surface area (Å²) >= 11 is 0. The molecule has 0 aliphatic heterocycles. The molecule has 0 aromatic heterocycles. The molecule has 0 fully saturated rings. The monoisotopic (exact) mass is 305 g/mol. The van der Waals surface area contributed by atoms with Crippen LogP contribution in [-0.2, 0) is 25.7 Å². The van der Waals surface area contributed by atoms with Gasteiger partial charge in [-0.15, -0.1) is 0 Å². The normalized spacial score (nSPS) is 20.2. The van der Waals surface area contributed by atoms with Gasteiger partial charge in [-0.3, -0.25) is 0 Å². The zero-order valence-corrected chi connectivity index (χ0v) is 14.8. The molecule has 2 aromatic rings. The SMILES string of the molecule is CC1(C)Cc2ccc(Nc3ccc4c(c3)CC(C)(C)C4)cc2C1. The Kier molecular flexibility index (Phi) is 3.13. The first-order valence-corrected chi connectivity index (χ1v) is 8.80. The fourth-order valence-electron chi connectivity index (χ4n) is 4.44. The third-order valence-electron chi connectivity index (χ3n) is 5.38. The van der Waals surface area contributed by atoms with E-state index >= 15 is 0 Å². The minimum Gasteiger partial charge on any atom is -0.356 e. The van der Waals surface area contributed by atoms with Crippen molar-refractivity contribution in [2.75, 3.05) is 5.32 Å². The van der Waals surface area contributed by atoms with Crippen LogP contribution in [0.5, 0.6) is 0 Å². The molecule has 0 heterocycles. The molecule has 2 aromatic carbocycles. The van der Waals surface area contributed by atoms with Gasteiger partial charge in [0, 0.05) is 11.4 Å². The smallest absolute Gasteiger partial charge is 0.0387 e. The third-order valence-corrected chi connectivity index (χ3v) is 5.38. The van der Waals surface area contributed by atoms with Crippen molar-refractivity contribution in [3.05, 3.63) is 58.7 Å². The predicted octanol–water partition coefficient (Wildman–Crippen LogP) is 5.68. The Morgan fingerprint density at radius 2 is 1.00 bits per heavy atom. The molecular weight excluding hydrogens is 278 g/mol. The van der Waals surface area contributed by atoms with Crippen LogP contribution >= 0.6 is 0 Å². The highest BCUT2D eigenvalue weighted by molar-refractivity contribution is 5.63. The summed E-state index contributed by atoms with van der Waals surface area (Å²) in [5, 5.41) is 3.62. The van der Waals surface area contributed by atoms with Crippen molar-refractivity contribution in [1.29, 1.82) is 0 Å². The number of benzene rings is 2. The van der Waals surface area contributed by atoms with Gasteiger partial charge >= 0.3 is 0 Å². The summed E-state index contributed by atoms with van der Waals surface area (Å²) < 4.78 is 0. The van der Waals surface area contributed by atoms with Crippen LogP contribution in [0.4, 0.5) is 11.4 Å². The van der Waals surface area contributed by atoms with Crippen LogP contribution in [-0.4, -0.2) is 0 Å². The average molecular weight is 305 g/mol. The van der Waals surface area contributed by atoms with Crippen molar-refractivity contribution in [1.82, 2.24) is 0 Å². The number of hydrogen-bond donors (Lipinski definition) is 1. The number of hydrogen-bond acceptors (Lipinski definition) is 1. The second-order valence-corrected chi connectivity index (χ2v) is 9.13. The molecule has 0 spiro atoms. The molecule has 4 rings (SSSR count). The van der Waals surface area contributed by atoms with Crippen molar-refractivity contribution < 1.29 is 0 Å². The van der Waals surface area contributed by atoms with Crippen molar-refractivity contribution in [3.8, 4) is 0 Å². The summed E-state index contributed by atoms with van der Waals surface area (Å²) in [5.41, 5.74) is 9.36. The van der Waals surface area contributed by atoms with E-state index in [0.717, 1.165) is 0 Å². The van der Waals surface area contributed by atoms with Crippen molar-refractivity contribution in [2.24, 2.45) is 10.8 Å². The molecule has 0 unspecified atom stereocenters. The molecule has 0 radical (unpaired) electrons. The van der Waals surface area contributed by atoms with Crippen LogP contribution in [0.15, 0.2) is 36.4 Å². The predicted molar refractivity (Wildman–Crippen MR) is 98.5 cm³/mol. The summed E-state index contributed by atoms with van der Waals surface area (Å²) in [6.07, 6.45) is 4.79. The van der Waals surface area contributed by atoms with Crippen LogP contribution in [0.25, 0.3) is 0 Å². The number of nitrogens with one attached hydrogen (secondary N) is 1. The van der Waals surface area contributed by atoms with Crippen LogP contribution in [0.1, 0.15) is 49.9 Å². The summed E-state index contributed by atoms with van der Waals surface area (Å²) in [7, 11) is 0. The van der Waals surface area contributed by atoms with Gasteiger partial charge in [0.2, 0.25) is 0 Å². The van der Waals surface area contributed by atoms with Gasteiger partial charge in [0.25, 0.3) is 0 Å². The lowest BCUT2D eigenvalue weighted by Crippen LogP contribution is -2.09. The highest BCUT2D eigenvalue weighted by Crippen LogP contribution is 2.39. The third kappa shape index (κ3) is 2.89. The fourth-order valence-corrected chi connectivity index (χ4v) is 4.44. The fraction of sp³-hybridized carbons (Fsp3) is 0.455. The molecule has 1 heteroatoms. The van der Waals surface area contributed by atoms with E-state index in [2.05, 4.69) is 69.4 Å². The first-order chi connectivity index (χ1) is 10.8. The molecule has 120 valence electrons. The highest BCUT2D eigenvalue weighted by Gasteiger charge is 2.29. The zero-order valence-electron chi connectivity index (χ0n) is 14.8. The maximum atomic E-state index is 3.62. The average Bonchev–Trinajstić information content (AvgIpc) is 2.90. The molecule has 0 amide bonds. The maximum Gasteiger partial charge on any atom is 0.0387 e. The van der Waals surface area contributed by atoms with Gasteiger partial charge in [-0.2, -0.15) is 0 Å². The molecule has 2 aliphatic carbocycles. The molecule has 2 aliphatic rings. The van der Waals surface area contributed by atoms with Crippen LogP contribution in [0.2, 0.25) is 0 Å². The first kappa shape index (κ1) is 14.8. The minimum absolute atomic E-state index is 0.417. The number of rotatable bonds is 2. The number of anilines is 2. The Morgan fingerprint density at radius 1 is 0.609 bits per heavy atom. The van der Waals surface area contributed by atoms with Gasteiger partial charge in [-0.05, 0) is 83.0 Å². The first-order valence-electron chi connectivity index (χ1n) is 8.80. The zero-order chi connectivity index (χ0) is 16.2. The van der Waals surface area contributed by atoms with E-state index in [1.165, 1.54) is 59.3 Å². The Labute approximate surface area is 140 Å². The quantitative estimate of drug-likeness (QED) is 0.752. The molecule has 0 atom stereocenters. The molecule has 1 nitrogen and oxygen atoms in total. The van der Waals surface area contributed by atoms with Gasteiger partial charge in [-0.25, -0.2) is 0 Å². The summed E-state index contributed by atoms with van der Waals surface area (Å²) in [5.74, 6) is 0. The Bertz CT molecular complexity index is 702. The van der Waals surface area contributed by atoms with Crippen molar-refractivity contribution in [2.45, 2.75) is 53.4 Å². The van der Waals surface area contributed by atoms with Crippen LogP contribution in [0.3, 0.4) is 0 Å². The van der Waals surface area contributed by atoms with Gasteiger partial charge in [0.1, 0.15) is 0 Å². The van der Waals surface area contributed by atoms with E-state index in [9.17, 15) is 0 Å². The molecular formula is C22H27N. The summed E-state index contributed by atoms with van der Waals surface area (Å²) in [4.78, 5) is 0.